The third kappa shape index (κ3) is 8.01. The summed E-state index contributed by atoms with van der Waals surface area (Å²) >= 11 is 6.33. The van der Waals surface area contributed by atoms with Gasteiger partial charge in [-0.05, 0) is 62.2 Å². The van der Waals surface area contributed by atoms with E-state index in [0.717, 1.165) is 12.1 Å². The third-order valence-electron chi connectivity index (χ3n) is 6.54. The summed E-state index contributed by atoms with van der Waals surface area (Å²) in [5.74, 6) is -1.29. The average Bonchev–Trinajstić information content (AvgIpc) is 2.94. The zero-order chi connectivity index (χ0) is 30.4. The Hall–Kier alpha value is -3.57. The van der Waals surface area contributed by atoms with Gasteiger partial charge < -0.3 is 10.2 Å². The number of nitrogens with one attached hydrogen (secondary N) is 1. The van der Waals surface area contributed by atoms with E-state index in [1.165, 1.54) is 42.2 Å². The van der Waals surface area contributed by atoms with Crippen molar-refractivity contribution in [3.63, 3.8) is 0 Å². The predicted octanol–water partition coefficient (Wildman–Crippen LogP) is 5.89. The largest absolute Gasteiger partial charge is 0.416 e. The Morgan fingerprint density at radius 1 is 0.951 bits per heavy atom. The Morgan fingerprint density at radius 3 is 2.20 bits per heavy atom. The summed E-state index contributed by atoms with van der Waals surface area (Å²) < 4.78 is 68.7. The van der Waals surface area contributed by atoms with Crippen LogP contribution in [0.2, 0.25) is 5.02 Å². The minimum atomic E-state index is -4.75. The highest BCUT2D eigenvalue weighted by Gasteiger charge is 2.35. The molecule has 3 aromatic carbocycles. The Labute approximate surface area is 243 Å². The summed E-state index contributed by atoms with van der Waals surface area (Å²) in [7, 11) is -4.50. The number of rotatable bonds is 11. The van der Waals surface area contributed by atoms with E-state index in [4.69, 9.17) is 11.6 Å². The Balaban J connectivity index is 2.08. The number of halogens is 4. The molecule has 0 unspecified atom stereocenters. The maximum atomic E-state index is 13.9. The van der Waals surface area contributed by atoms with Crippen molar-refractivity contribution in [1.82, 2.24) is 10.2 Å². The second-order valence-corrected chi connectivity index (χ2v) is 11.7. The van der Waals surface area contributed by atoms with Crippen molar-refractivity contribution in [2.45, 2.75) is 56.9 Å². The van der Waals surface area contributed by atoms with Gasteiger partial charge in [-0.25, -0.2) is 8.42 Å². The summed E-state index contributed by atoms with van der Waals surface area (Å²) in [6.07, 6.45) is -4.11. The SMILES string of the molecule is CC[C@@H](C)NC(=O)[C@H](C)N(Cc1ccccc1Cl)C(=O)CN(c1cccc(C(F)(F)F)c1)S(=O)(=O)c1ccccc1. The lowest BCUT2D eigenvalue weighted by Crippen LogP contribution is -2.52. The molecule has 41 heavy (non-hydrogen) atoms. The molecule has 220 valence electrons. The number of benzene rings is 3. The molecule has 2 atom stereocenters. The van der Waals surface area contributed by atoms with Crippen molar-refractivity contribution in [2.24, 2.45) is 0 Å². The molecule has 0 saturated heterocycles. The van der Waals surface area contributed by atoms with Gasteiger partial charge in [-0.15, -0.1) is 0 Å². The highest BCUT2D eigenvalue weighted by molar-refractivity contribution is 7.92. The van der Waals surface area contributed by atoms with Crippen LogP contribution >= 0.6 is 11.6 Å². The van der Waals surface area contributed by atoms with Gasteiger partial charge >= 0.3 is 6.18 Å². The van der Waals surface area contributed by atoms with E-state index in [1.54, 1.807) is 37.3 Å². The number of hydrogen-bond acceptors (Lipinski definition) is 4. The van der Waals surface area contributed by atoms with Crippen molar-refractivity contribution in [1.29, 1.82) is 0 Å². The number of carbonyl (C=O) groups excluding carboxylic acids is 2. The van der Waals surface area contributed by atoms with Gasteiger partial charge in [-0.1, -0.05) is 61.0 Å². The second-order valence-electron chi connectivity index (χ2n) is 9.48. The maximum Gasteiger partial charge on any atom is 0.416 e. The molecule has 0 radical (unpaired) electrons. The third-order valence-corrected chi connectivity index (χ3v) is 8.70. The molecule has 0 aliphatic heterocycles. The minimum absolute atomic E-state index is 0.143. The Morgan fingerprint density at radius 2 is 1.59 bits per heavy atom. The van der Waals surface area contributed by atoms with Crippen molar-refractivity contribution < 1.29 is 31.2 Å². The summed E-state index contributed by atoms with van der Waals surface area (Å²) in [5, 5.41) is 3.13. The van der Waals surface area contributed by atoms with E-state index in [2.05, 4.69) is 5.32 Å². The van der Waals surface area contributed by atoms with Crippen LogP contribution in [0.5, 0.6) is 0 Å². The molecule has 0 aliphatic rings. The van der Waals surface area contributed by atoms with Crippen molar-refractivity contribution in [2.75, 3.05) is 10.8 Å². The van der Waals surface area contributed by atoms with E-state index in [9.17, 15) is 31.2 Å². The zero-order valence-corrected chi connectivity index (χ0v) is 24.3. The zero-order valence-electron chi connectivity index (χ0n) is 22.7. The highest BCUT2D eigenvalue weighted by atomic mass is 35.5. The quantitative estimate of drug-likeness (QED) is 0.294. The van der Waals surface area contributed by atoms with Gasteiger partial charge in [0, 0.05) is 17.6 Å². The smallest absolute Gasteiger partial charge is 0.352 e. The molecule has 0 saturated carbocycles. The molecule has 0 heterocycles. The molecule has 0 fully saturated rings. The molecule has 0 spiro atoms. The highest BCUT2D eigenvalue weighted by Crippen LogP contribution is 2.33. The summed E-state index contributed by atoms with van der Waals surface area (Å²) in [6.45, 7) is 4.16. The number of sulfonamides is 1. The normalized spacial score (nSPS) is 13.2. The topological polar surface area (TPSA) is 86.8 Å². The fourth-order valence-electron chi connectivity index (χ4n) is 3.94. The fourth-order valence-corrected chi connectivity index (χ4v) is 5.57. The molecule has 12 heteroatoms. The molecular weight excluding hydrogens is 579 g/mol. The van der Waals surface area contributed by atoms with Crippen LogP contribution in [0.15, 0.2) is 83.8 Å². The number of anilines is 1. The van der Waals surface area contributed by atoms with Crippen LogP contribution in [0, 0.1) is 0 Å². The van der Waals surface area contributed by atoms with E-state index in [0.29, 0.717) is 27.4 Å². The molecule has 7 nitrogen and oxygen atoms in total. The first-order valence-electron chi connectivity index (χ1n) is 12.8. The van der Waals surface area contributed by atoms with Gasteiger partial charge in [0.2, 0.25) is 11.8 Å². The maximum absolute atomic E-state index is 13.9. The lowest BCUT2D eigenvalue weighted by molar-refractivity contribution is -0.139. The van der Waals surface area contributed by atoms with E-state index < -0.39 is 46.2 Å². The number of nitrogens with zero attached hydrogens (tertiary/aromatic N) is 2. The molecule has 0 aromatic heterocycles. The van der Waals surface area contributed by atoms with Crippen LogP contribution in [0.3, 0.4) is 0 Å². The summed E-state index contributed by atoms with van der Waals surface area (Å²) in [5.41, 5.74) is -0.932. The van der Waals surface area contributed by atoms with Crippen LogP contribution in [0.25, 0.3) is 0 Å². The second kappa shape index (κ2) is 13.4. The molecule has 3 aromatic rings. The molecular formula is C29H31ClF3N3O4S. The van der Waals surface area contributed by atoms with Crippen LogP contribution in [0.4, 0.5) is 18.9 Å². The lowest BCUT2D eigenvalue weighted by atomic mass is 10.1. The number of amides is 2. The van der Waals surface area contributed by atoms with Gasteiger partial charge in [0.1, 0.15) is 12.6 Å². The number of hydrogen-bond donors (Lipinski definition) is 1. The lowest BCUT2D eigenvalue weighted by Gasteiger charge is -2.32. The first kappa shape index (κ1) is 32.0. The van der Waals surface area contributed by atoms with Crippen LogP contribution in [-0.4, -0.2) is 43.8 Å². The average molecular weight is 610 g/mol. The van der Waals surface area contributed by atoms with E-state index in [-0.39, 0.29) is 23.2 Å². The number of carbonyl (C=O) groups is 2. The molecule has 1 N–H and O–H groups in total. The van der Waals surface area contributed by atoms with Crippen molar-refractivity contribution in [3.8, 4) is 0 Å². The molecule has 0 aliphatic carbocycles. The van der Waals surface area contributed by atoms with E-state index in [1.807, 2.05) is 6.92 Å². The first-order valence-corrected chi connectivity index (χ1v) is 14.7. The van der Waals surface area contributed by atoms with Gasteiger partial charge in [0.25, 0.3) is 10.0 Å². The predicted molar refractivity (Wildman–Crippen MR) is 152 cm³/mol. The summed E-state index contributed by atoms with van der Waals surface area (Å²) in [6, 6.07) is 16.2. The van der Waals surface area contributed by atoms with Gasteiger partial charge in [-0.3, -0.25) is 13.9 Å². The Kier molecular flexibility index (Phi) is 10.4. The Bertz CT molecular complexity index is 1470. The first-order chi connectivity index (χ1) is 19.3. The standard InChI is InChI=1S/C29H31ClF3N3O4S/c1-4-20(2)34-28(38)21(3)35(18-22-11-8-9-16-26(22)30)27(37)19-36(41(39,40)25-14-6-5-7-15-25)24-13-10-12-23(17-24)29(31,32)33/h5-17,20-21H,4,18-19H2,1-3H3,(H,34,38)/t20-,21+/m1/s1. The van der Waals surface area contributed by atoms with E-state index >= 15 is 0 Å². The molecule has 2 amide bonds. The van der Waals surface area contributed by atoms with Crippen LogP contribution in [-0.2, 0) is 32.3 Å². The number of alkyl halides is 3. The van der Waals surface area contributed by atoms with Gasteiger partial charge in [-0.2, -0.15) is 13.2 Å². The van der Waals surface area contributed by atoms with Crippen molar-refractivity contribution in [3.05, 3.63) is 95.0 Å². The monoisotopic (exact) mass is 609 g/mol. The van der Waals surface area contributed by atoms with Gasteiger partial charge in [0.05, 0.1) is 16.1 Å². The van der Waals surface area contributed by atoms with Crippen LogP contribution in [0.1, 0.15) is 38.3 Å². The van der Waals surface area contributed by atoms with Crippen molar-refractivity contribution >= 4 is 39.1 Å². The summed E-state index contributed by atoms with van der Waals surface area (Å²) in [4.78, 5) is 27.9. The van der Waals surface area contributed by atoms with Gasteiger partial charge in [0.15, 0.2) is 0 Å². The molecule has 3 rings (SSSR count). The van der Waals surface area contributed by atoms with Crippen LogP contribution < -0.4 is 9.62 Å². The fraction of sp³-hybridized carbons (Fsp3) is 0.310. The minimum Gasteiger partial charge on any atom is -0.352 e. The molecule has 0 bridgehead atoms.